The van der Waals surface area contributed by atoms with Crippen molar-refractivity contribution in [2.45, 2.75) is 6.92 Å². The minimum atomic E-state index is -0.470. The first-order chi connectivity index (χ1) is 13.0. The van der Waals surface area contributed by atoms with E-state index in [1.807, 2.05) is 0 Å². The lowest BCUT2D eigenvalue weighted by molar-refractivity contribution is 0.0599. The molecular weight excluding hydrogens is 368 g/mol. The maximum Gasteiger partial charge on any atom is 0.338 e. The summed E-state index contributed by atoms with van der Waals surface area (Å²) in [5.74, 6) is -1.02. The second kappa shape index (κ2) is 7.88. The van der Waals surface area contributed by atoms with Crippen LogP contribution in [0, 0.1) is 6.92 Å². The third kappa shape index (κ3) is 4.06. The van der Waals surface area contributed by atoms with Crippen LogP contribution in [0.4, 0.5) is 10.7 Å². The van der Waals surface area contributed by atoms with Gasteiger partial charge in [-0.2, -0.15) is 0 Å². The fourth-order valence-corrected chi connectivity index (χ4v) is 3.19. The Morgan fingerprint density at radius 1 is 1.00 bits per heavy atom. The minimum Gasteiger partial charge on any atom is -0.465 e. The molecular formula is C19H16N2O5S. The summed E-state index contributed by atoms with van der Waals surface area (Å²) in [5, 5.41) is 5.96. The molecule has 0 aliphatic carbocycles. The smallest absolute Gasteiger partial charge is 0.338 e. The van der Waals surface area contributed by atoms with Crippen LogP contribution in [0.3, 0.4) is 0 Å². The molecule has 3 rings (SSSR count). The highest BCUT2D eigenvalue weighted by Crippen LogP contribution is 2.25. The van der Waals surface area contributed by atoms with Crippen LogP contribution < -0.4 is 10.6 Å². The number of hydrogen-bond acceptors (Lipinski definition) is 6. The predicted molar refractivity (Wildman–Crippen MR) is 101 cm³/mol. The lowest BCUT2D eigenvalue weighted by Crippen LogP contribution is -2.13. The number of benzene rings is 1. The first kappa shape index (κ1) is 18.4. The fourth-order valence-electron chi connectivity index (χ4n) is 2.39. The van der Waals surface area contributed by atoms with E-state index < -0.39 is 11.9 Å². The van der Waals surface area contributed by atoms with Gasteiger partial charge in [0.2, 0.25) is 0 Å². The van der Waals surface area contributed by atoms with Crippen LogP contribution in [0.2, 0.25) is 0 Å². The number of ether oxygens (including phenoxy) is 1. The molecule has 0 radical (unpaired) electrons. The SMILES string of the molecule is COC(=O)c1cccc(NC(=O)c2ccc(NC(=O)c3ccco3)s2)c1C. The van der Waals surface area contributed by atoms with Crippen molar-refractivity contribution in [1.82, 2.24) is 0 Å². The number of esters is 1. The Hall–Kier alpha value is -3.39. The summed E-state index contributed by atoms with van der Waals surface area (Å²) in [4.78, 5) is 36.6. The maximum absolute atomic E-state index is 12.5. The molecule has 2 aromatic heterocycles. The van der Waals surface area contributed by atoms with Crippen LogP contribution in [-0.2, 0) is 4.74 Å². The third-order valence-corrected chi connectivity index (χ3v) is 4.80. The van der Waals surface area contributed by atoms with E-state index in [2.05, 4.69) is 10.6 Å². The van der Waals surface area contributed by atoms with Crippen molar-refractivity contribution < 1.29 is 23.5 Å². The molecule has 2 N–H and O–H groups in total. The van der Waals surface area contributed by atoms with E-state index in [0.717, 1.165) is 11.3 Å². The van der Waals surface area contributed by atoms with Gasteiger partial charge in [0.25, 0.3) is 11.8 Å². The lowest BCUT2D eigenvalue weighted by atomic mass is 10.1. The molecule has 0 saturated carbocycles. The Labute approximate surface area is 159 Å². The molecule has 27 heavy (non-hydrogen) atoms. The Kier molecular flexibility index (Phi) is 5.37. The van der Waals surface area contributed by atoms with Crippen molar-refractivity contribution in [2.75, 3.05) is 17.7 Å². The van der Waals surface area contributed by atoms with Gasteiger partial charge >= 0.3 is 5.97 Å². The molecule has 3 aromatic rings. The van der Waals surface area contributed by atoms with Crippen LogP contribution in [0.15, 0.2) is 53.1 Å². The maximum atomic E-state index is 12.5. The number of nitrogens with one attached hydrogen (secondary N) is 2. The molecule has 138 valence electrons. The predicted octanol–water partition coefficient (Wildman–Crippen LogP) is 3.94. The molecule has 0 saturated heterocycles. The fraction of sp³-hybridized carbons (Fsp3) is 0.105. The van der Waals surface area contributed by atoms with Gasteiger partial charge in [0, 0.05) is 5.69 Å². The van der Waals surface area contributed by atoms with Gasteiger partial charge in [-0.1, -0.05) is 6.07 Å². The molecule has 0 aliphatic heterocycles. The Morgan fingerprint density at radius 2 is 1.81 bits per heavy atom. The number of carbonyl (C=O) groups is 3. The highest BCUT2D eigenvalue weighted by Gasteiger charge is 2.16. The molecule has 0 spiro atoms. The molecule has 0 atom stereocenters. The van der Waals surface area contributed by atoms with Gasteiger partial charge in [0.15, 0.2) is 5.76 Å². The zero-order chi connectivity index (χ0) is 19.4. The molecule has 0 unspecified atom stereocenters. The first-order valence-corrected chi connectivity index (χ1v) is 8.75. The normalized spacial score (nSPS) is 10.3. The molecule has 0 aliphatic rings. The minimum absolute atomic E-state index is 0.185. The van der Waals surface area contributed by atoms with Crippen molar-refractivity contribution in [3.05, 3.63) is 70.5 Å². The summed E-state index contributed by atoms with van der Waals surface area (Å²) in [7, 11) is 1.30. The van der Waals surface area contributed by atoms with Crippen molar-refractivity contribution in [3.63, 3.8) is 0 Å². The number of rotatable bonds is 5. The largest absolute Gasteiger partial charge is 0.465 e. The molecule has 2 amide bonds. The van der Waals surface area contributed by atoms with E-state index in [1.165, 1.54) is 13.4 Å². The Balaban J connectivity index is 1.72. The number of furan rings is 1. The average molecular weight is 384 g/mol. The molecule has 8 heteroatoms. The average Bonchev–Trinajstić information content (AvgIpc) is 3.34. The van der Waals surface area contributed by atoms with Crippen LogP contribution >= 0.6 is 11.3 Å². The van der Waals surface area contributed by atoms with E-state index in [0.29, 0.717) is 26.7 Å². The second-order valence-corrected chi connectivity index (χ2v) is 6.60. The van der Waals surface area contributed by atoms with Crippen molar-refractivity contribution in [1.29, 1.82) is 0 Å². The van der Waals surface area contributed by atoms with Crippen LogP contribution in [0.5, 0.6) is 0 Å². The Bertz CT molecular complexity index is 991. The summed E-state index contributed by atoms with van der Waals surface area (Å²) >= 11 is 1.13. The van der Waals surface area contributed by atoms with Crippen molar-refractivity contribution in [3.8, 4) is 0 Å². The summed E-state index contributed by atoms with van der Waals surface area (Å²) in [6, 6.07) is 11.4. The molecule has 7 nitrogen and oxygen atoms in total. The zero-order valence-electron chi connectivity index (χ0n) is 14.6. The number of thiophene rings is 1. The standard InChI is InChI=1S/C19H16N2O5S/c1-11-12(19(24)25-2)5-3-6-13(11)20-18(23)15-8-9-16(27-15)21-17(22)14-7-4-10-26-14/h3-10H,1-2H3,(H,20,23)(H,21,22). The quantitative estimate of drug-likeness (QED) is 0.649. The first-order valence-electron chi connectivity index (χ1n) is 7.93. The van der Waals surface area contributed by atoms with E-state index in [1.54, 1.807) is 49.4 Å². The monoisotopic (exact) mass is 384 g/mol. The molecule has 0 fully saturated rings. The summed E-state index contributed by atoms with van der Waals surface area (Å²) in [6.45, 7) is 1.73. The third-order valence-electron chi connectivity index (χ3n) is 3.80. The van der Waals surface area contributed by atoms with Crippen LogP contribution in [0.1, 0.15) is 36.1 Å². The highest BCUT2D eigenvalue weighted by molar-refractivity contribution is 7.18. The molecule has 2 heterocycles. The van der Waals surface area contributed by atoms with E-state index in [9.17, 15) is 14.4 Å². The number of anilines is 2. The highest BCUT2D eigenvalue weighted by atomic mass is 32.1. The summed E-state index contributed by atoms with van der Waals surface area (Å²) in [6.07, 6.45) is 1.41. The van der Waals surface area contributed by atoms with Gasteiger partial charge in [-0.25, -0.2) is 4.79 Å². The van der Waals surface area contributed by atoms with Crippen LogP contribution in [-0.4, -0.2) is 24.9 Å². The van der Waals surface area contributed by atoms with Crippen molar-refractivity contribution in [2.24, 2.45) is 0 Å². The number of amides is 2. The van der Waals surface area contributed by atoms with Gasteiger partial charge < -0.3 is 19.8 Å². The van der Waals surface area contributed by atoms with Gasteiger partial charge in [-0.3, -0.25) is 9.59 Å². The summed E-state index contributed by atoms with van der Waals surface area (Å²) < 4.78 is 9.76. The molecule has 1 aromatic carbocycles. The number of methoxy groups -OCH3 is 1. The van der Waals surface area contributed by atoms with E-state index in [-0.39, 0.29) is 11.7 Å². The van der Waals surface area contributed by atoms with E-state index in [4.69, 9.17) is 9.15 Å². The zero-order valence-corrected chi connectivity index (χ0v) is 15.4. The van der Waals surface area contributed by atoms with Gasteiger partial charge in [-0.05, 0) is 48.9 Å². The topological polar surface area (TPSA) is 97.6 Å². The van der Waals surface area contributed by atoms with Crippen molar-refractivity contribution >= 4 is 39.8 Å². The summed E-state index contributed by atoms with van der Waals surface area (Å²) in [5.41, 5.74) is 1.51. The van der Waals surface area contributed by atoms with E-state index >= 15 is 0 Å². The number of carbonyl (C=O) groups excluding carboxylic acids is 3. The van der Waals surface area contributed by atoms with Gasteiger partial charge in [0.05, 0.1) is 28.8 Å². The number of hydrogen-bond donors (Lipinski definition) is 2. The van der Waals surface area contributed by atoms with Gasteiger partial charge in [0.1, 0.15) is 0 Å². The Morgan fingerprint density at radius 3 is 2.52 bits per heavy atom. The lowest BCUT2D eigenvalue weighted by Gasteiger charge is -2.10. The van der Waals surface area contributed by atoms with Gasteiger partial charge in [-0.15, -0.1) is 11.3 Å². The second-order valence-electron chi connectivity index (χ2n) is 5.52. The molecule has 0 bridgehead atoms. The van der Waals surface area contributed by atoms with Crippen LogP contribution in [0.25, 0.3) is 0 Å².